The number of anilines is 1. The summed E-state index contributed by atoms with van der Waals surface area (Å²) in [5.41, 5.74) is 0.335. The topological polar surface area (TPSA) is 49.3 Å². The lowest BCUT2D eigenvalue weighted by Gasteiger charge is -2.05. The highest BCUT2D eigenvalue weighted by molar-refractivity contribution is 5.90. The summed E-state index contributed by atoms with van der Waals surface area (Å²) in [5, 5.41) is 11.5. The predicted molar refractivity (Wildman–Crippen MR) is 64.0 cm³/mol. The number of rotatable bonds is 5. The van der Waals surface area contributed by atoms with E-state index in [1.807, 2.05) is 0 Å². The van der Waals surface area contributed by atoms with Crippen LogP contribution in [0.4, 0.5) is 10.1 Å². The SMILES string of the molecule is C#CCCCCC(=O)Nc1ccc(O)c(F)c1. The van der Waals surface area contributed by atoms with Crippen LogP contribution in [0.25, 0.3) is 0 Å². The van der Waals surface area contributed by atoms with Crippen LogP contribution in [-0.2, 0) is 4.79 Å². The highest BCUT2D eigenvalue weighted by Crippen LogP contribution is 2.19. The second-order valence-electron chi connectivity index (χ2n) is 3.63. The van der Waals surface area contributed by atoms with Crippen molar-refractivity contribution < 1.29 is 14.3 Å². The van der Waals surface area contributed by atoms with Crippen molar-refractivity contribution in [1.29, 1.82) is 0 Å². The van der Waals surface area contributed by atoms with E-state index >= 15 is 0 Å². The van der Waals surface area contributed by atoms with E-state index in [1.165, 1.54) is 12.1 Å². The largest absolute Gasteiger partial charge is 0.505 e. The fourth-order valence-electron chi connectivity index (χ4n) is 1.32. The van der Waals surface area contributed by atoms with Gasteiger partial charge in [0, 0.05) is 24.6 Å². The quantitative estimate of drug-likeness (QED) is 0.468. The number of aromatic hydroxyl groups is 1. The summed E-state index contributed by atoms with van der Waals surface area (Å²) in [7, 11) is 0. The van der Waals surface area contributed by atoms with E-state index in [-0.39, 0.29) is 5.91 Å². The van der Waals surface area contributed by atoms with Crippen LogP contribution in [0, 0.1) is 18.2 Å². The predicted octanol–water partition coefficient (Wildman–Crippen LogP) is 2.66. The fourth-order valence-corrected chi connectivity index (χ4v) is 1.32. The maximum absolute atomic E-state index is 13.0. The Bertz CT molecular complexity index is 438. The molecule has 1 amide bonds. The number of halogens is 1. The Morgan fingerprint density at radius 2 is 2.24 bits per heavy atom. The third-order valence-electron chi connectivity index (χ3n) is 2.21. The molecular weight excluding hydrogens is 221 g/mol. The molecule has 0 saturated carbocycles. The Labute approximate surface area is 99.7 Å². The average molecular weight is 235 g/mol. The van der Waals surface area contributed by atoms with Crippen molar-refractivity contribution in [2.24, 2.45) is 0 Å². The van der Waals surface area contributed by atoms with E-state index in [1.54, 1.807) is 0 Å². The minimum Gasteiger partial charge on any atom is -0.505 e. The van der Waals surface area contributed by atoms with E-state index in [2.05, 4.69) is 11.2 Å². The molecule has 1 aromatic carbocycles. The second kappa shape index (κ2) is 6.54. The van der Waals surface area contributed by atoms with Crippen LogP contribution in [0.3, 0.4) is 0 Å². The number of hydrogen-bond donors (Lipinski definition) is 2. The van der Waals surface area contributed by atoms with Crippen molar-refractivity contribution in [3.8, 4) is 18.1 Å². The van der Waals surface area contributed by atoms with Crippen molar-refractivity contribution in [3.63, 3.8) is 0 Å². The van der Waals surface area contributed by atoms with Crippen LogP contribution in [0.2, 0.25) is 0 Å². The molecule has 3 nitrogen and oxygen atoms in total. The van der Waals surface area contributed by atoms with Gasteiger partial charge in [-0.05, 0) is 25.0 Å². The summed E-state index contributed by atoms with van der Waals surface area (Å²) in [5.74, 6) is 1.12. The van der Waals surface area contributed by atoms with Crippen molar-refractivity contribution in [2.45, 2.75) is 25.7 Å². The normalized spacial score (nSPS) is 9.65. The van der Waals surface area contributed by atoms with Gasteiger partial charge in [-0.25, -0.2) is 4.39 Å². The highest BCUT2D eigenvalue weighted by atomic mass is 19.1. The summed E-state index contributed by atoms with van der Waals surface area (Å²) < 4.78 is 13.0. The Balaban J connectivity index is 2.40. The lowest BCUT2D eigenvalue weighted by molar-refractivity contribution is -0.116. The molecule has 0 aliphatic heterocycles. The van der Waals surface area contributed by atoms with Crippen molar-refractivity contribution >= 4 is 11.6 Å². The molecule has 0 unspecified atom stereocenters. The molecule has 0 aromatic heterocycles. The summed E-state index contributed by atoms with van der Waals surface area (Å²) >= 11 is 0. The fraction of sp³-hybridized carbons (Fsp3) is 0.308. The van der Waals surface area contributed by atoms with Gasteiger partial charge in [0.05, 0.1) is 0 Å². The first-order chi connectivity index (χ1) is 8.13. The summed E-state index contributed by atoms with van der Waals surface area (Å²) in [6.07, 6.45) is 7.59. The summed E-state index contributed by atoms with van der Waals surface area (Å²) in [6.45, 7) is 0. The number of nitrogens with one attached hydrogen (secondary N) is 1. The zero-order valence-corrected chi connectivity index (χ0v) is 9.37. The number of carbonyl (C=O) groups excluding carboxylic acids is 1. The number of benzene rings is 1. The number of amides is 1. The number of phenols is 1. The van der Waals surface area contributed by atoms with Crippen LogP contribution in [0.5, 0.6) is 5.75 Å². The monoisotopic (exact) mass is 235 g/mol. The molecule has 0 heterocycles. The van der Waals surface area contributed by atoms with E-state index in [0.717, 1.165) is 12.5 Å². The standard InChI is InChI=1S/C13H14FNO2/c1-2-3-4-5-6-13(17)15-10-7-8-12(16)11(14)9-10/h1,7-9,16H,3-6H2,(H,15,17). The lowest BCUT2D eigenvalue weighted by Crippen LogP contribution is -2.11. The van der Waals surface area contributed by atoms with Crippen LogP contribution in [-0.4, -0.2) is 11.0 Å². The maximum Gasteiger partial charge on any atom is 0.224 e. The van der Waals surface area contributed by atoms with E-state index in [0.29, 0.717) is 24.9 Å². The zero-order chi connectivity index (χ0) is 12.7. The number of terminal acetylenes is 1. The molecule has 0 spiro atoms. The third kappa shape index (κ3) is 4.56. The third-order valence-corrected chi connectivity index (χ3v) is 2.21. The molecule has 17 heavy (non-hydrogen) atoms. The van der Waals surface area contributed by atoms with Gasteiger partial charge in [0.2, 0.25) is 5.91 Å². The van der Waals surface area contributed by atoms with Gasteiger partial charge in [-0.1, -0.05) is 0 Å². The smallest absolute Gasteiger partial charge is 0.224 e. The molecule has 0 radical (unpaired) electrons. The zero-order valence-electron chi connectivity index (χ0n) is 9.37. The molecule has 1 rings (SSSR count). The first kappa shape index (κ1) is 13.0. The molecule has 4 heteroatoms. The minimum atomic E-state index is -0.755. The molecule has 0 aliphatic rings. The van der Waals surface area contributed by atoms with Crippen LogP contribution in [0.1, 0.15) is 25.7 Å². The molecule has 2 N–H and O–H groups in total. The Morgan fingerprint density at radius 1 is 1.47 bits per heavy atom. The highest BCUT2D eigenvalue weighted by Gasteiger charge is 2.05. The van der Waals surface area contributed by atoms with Crippen LogP contribution in [0.15, 0.2) is 18.2 Å². The van der Waals surface area contributed by atoms with E-state index in [4.69, 9.17) is 11.5 Å². The van der Waals surface area contributed by atoms with Crippen molar-refractivity contribution in [1.82, 2.24) is 0 Å². The number of hydrogen-bond acceptors (Lipinski definition) is 2. The molecule has 0 atom stereocenters. The van der Waals surface area contributed by atoms with E-state index < -0.39 is 11.6 Å². The molecule has 0 bridgehead atoms. The second-order valence-corrected chi connectivity index (χ2v) is 3.63. The first-order valence-corrected chi connectivity index (χ1v) is 5.35. The molecule has 0 aliphatic carbocycles. The summed E-state index contributed by atoms with van der Waals surface area (Å²) in [4.78, 5) is 11.4. The number of carbonyl (C=O) groups is 1. The molecule has 0 fully saturated rings. The summed E-state index contributed by atoms with van der Waals surface area (Å²) in [6, 6.07) is 3.72. The maximum atomic E-state index is 13.0. The lowest BCUT2D eigenvalue weighted by atomic mass is 10.2. The van der Waals surface area contributed by atoms with Crippen LogP contribution < -0.4 is 5.32 Å². The minimum absolute atomic E-state index is 0.188. The van der Waals surface area contributed by atoms with Gasteiger partial charge < -0.3 is 10.4 Å². The van der Waals surface area contributed by atoms with E-state index in [9.17, 15) is 9.18 Å². The van der Waals surface area contributed by atoms with Gasteiger partial charge in [0.15, 0.2) is 11.6 Å². The van der Waals surface area contributed by atoms with Crippen LogP contribution >= 0.6 is 0 Å². The average Bonchev–Trinajstić information content (AvgIpc) is 2.30. The Kier molecular flexibility index (Phi) is 5.02. The Morgan fingerprint density at radius 3 is 2.88 bits per heavy atom. The van der Waals surface area contributed by atoms with Gasteiger partial charge in [-0.15, -0.1) is 12.3 Å². The van der Waals surface area contributed by atoms with Gasteiger partial charge in [-0.3, -0.25) is 4.79 Å². The molecule has 1 aromatic rings. The molecule has 0 saturated heterocycles. The number of unbranched alkanes of at least 4 members (excludes halogenated alkanes) is 2. The molecule has 90 valence electrons. The van der Waals surface area contributed by atoms with Gasteiger partial charge >= 0.3 is 0 Å². The Hall–Kier alpha value is -2.02. The van der Waals surface area contributed by atoms with Gasteiger partial charge in [-0.2, -0.15) is 0 Å². The first-order valence-electron chi connectivity index (χ1n) is 5.35. The van der Waals surface area contributed by atoms with Gasteiger partial charge in [0.25, 0.3) is 0 Å². The van der Waals surface area contributed by atoms with Crippen molar-refractivity contribution in [2.75, 3.05) is 5.32 Å². The van der Waals surface area contributed by atoms with Crippen molar-refractivity contribution in [3.05, 3.63) is 24.0 Å². The number of phenolic OH excluding ortho intramolecular Hbond substituents is 1. The molecular formula is C13H14FNO2. The van der Waals surface area contributed by atoms with Gasteiger partial charge in [0.1, 0.15) is 0 Å².